The fraction of sp³-hybridized carbons (Fsp3) is 0.350. The van der Waals surface area contributed by atoms with Gasteiger partial charge in [0.2, 0.25) is 17.7 Å². The van der Waals surface area contributed by atoms with Crippen LogP contribution in [0.15, 0.2) is 131 Å². The van der Waals surface area contributed by atoms with E-state index in [0.717, 1.165) is 39.2 Å². The molecule has 3 N–H and O–H groups in total. The third-order valence-corrected chi connectivity index (χ3v) is 17.3. The molecule has 1 aliphatic heterocycles. The van der Waals surface area contributed by atoms with Crippen molar-refractivity contribution in [2.24, 2.45) is 25.9 Å². The predicted molar refractivity (Wildman–Crippen MR) is 310 cm³/mol. The molecular formula is C60H66N10O9S2. The SMILES string of the molecule is CCCOc1cccc(Oc2cc3c(cc2NS(=O)(=O)c2cccc(C(=O)NC4CC(Oc5cc(-c6cnn([C@H](C(=O)N7C[C@H](C)C[C@H]7C(=O)N[C@@H](C)c7ccc(-c8scnc8C)cc7)C(C)C)c6)ccn5)C4)c2)n(C)c(=O)n3C)c1. The van der Waals surface area contributed by atoms with Crippen LogP contribution in [0.3, 0.4) is 0 Å². The minimum atomic E-state index is -4.31. The van der Waals surface area contributed by atoms with Crippen LogP contribution in [0.25, 0.3) is 32.6 Å². The zero-order valence-electron chi connectivity index (χ0n) is 46.5. The van der Waals surface area contributed by atoms with Crippen molar-refractivity contribution in [1.29, 1.82) is 0 Å². The fourth-order valence-electron chi connectivity index (χ4n) is 10.5. The maximum atomic E-state index is 14.6. The third kappa shape index (κ3) is 12.1. The number of hydrogen-bond acceptors (Lipinski definition) is 13. The number of hydrogen-bond donors (Lipinski definition) is 3. The number of rotatable bonds is 20. The first-order valence-corrected chi connectivity index (χ1v) is 29.5. The van der Waals surface area contributed by atoms with Crippen molar-refractivity contribution in [2.75, 3.05) is 17.9 Å². The summed E-state index contributed by atoms with van der Waals surface area (Å²) in [6, 6.07) is 25.9. The van der Waals surface area contributed by atoms with Crippen molar-refractivity contribution < 1.29 is 37.0 Å². The number of likely N-dealkylation sites (tertiary alicyclic amines) is 1. The highest BCUT2D eigenvalue weighted by Crippen LogP contribution is 2.38. The number of anilines is 1. The maximum Gasteiger partial charge on any atom is 0.328 e. The lowest BCUT2D eigenvalue weighted by molar-refractivity contribution is -0.142. The molecule has 2 aliphatic rings. The van der Waals surface area contributed by atoms with Crippen LogP contribution in [-0.4, -0.2) is 91.3 Å². The average molecular weight is 1140 g/mol. The lowest BCUT2D eigenvalue weighted by Crippen LogP contribution is -2.49. The van der Waals surface area contributed by atoms with Gasteiger partial charge in [-0.15, -0.1) is 11.3 Å². The molecule has 4 atom stereocenters. The standard InChI is InChI=1S/C60H66N10O9S2/c1-9-22-77-45-13-11-14-46(28-45)78-53-30-51-50(67(7)60(74)68(51)8)29-49(53)66-81(75,76)48-15-10-12-42(24-48)57(71)65-44-26-47(27-44)79-54-25-41(20-21-61-54)43-31-63-70(33-43)55(35(2)3)59(73)69-32-36(4)23-52(69)58(72)64-37(5)39-16-18-40(19-17-39)56-38(6)62-34-80-56/h10-21,24-25,28-31,33-37,44,47,52,55,66H,9,22-23,26-27,32H2,1-8H3,(H,64,72)(H,65,71)/t36-,37+,44?,47?,52+,55+/m1/s1. The number of nitrogens with one attached hydrogen (secondary N) is 3. The second kappa shape index (κ2) is 23.4. The minimum absolute atomic E-state index is 0.0811. The van der Waals surface area contributed by atoms with Gasteiger partial charge in [-0.25, -0.2) is 23.2 Å². The number of aromatic nitrogens is 6. The van der Waals surface area contributed by atoms with Crippen molar-refractivity contribution in [1.82, 2.24) is 44.4 Å². The summed E-state index contributed by atoms with van der Waals surface area (Å²) in [6.07, 6.45) is 7.28. The van der Waals surface area contributed by atoms with E-state index in [0.29, 0.717) is 60.8 Å². The number of nitrogens with zero attached hydrogens (tertiary/aromatic N) is 7. The highest BCUT2D eigenvalue weighted by molar-refractivity contribution is 7.92. The molecule has 1 saturated carbocycles. The smallest absolute Gasteiger partial charge is 0.328 e. The van der Waals surface area contributed by atoms with Crippen molar-refractivity contribution >= 4 is 55.8 Å². The van der Waals surface area contributed by atoms with E-state index in [9.17, 15) is 27.6 Å². The first-order valence-electron chi connectivity index (χ1n) is 27.2. The molecular weight excluding hydrogens is 1070 g/mol. The molecule has 4 aromatic carbocycles. The highest BCUT2D eigenvalue weighted by atomic mass is 32.2. The quantitative estimate of drug-likeness (QED) is 0.0649. The summed E-state index contributed by atoms with van der Waals surface area (Å²) >= 11 is 1.60. The van der Waals surface area contributed by atoms with Gasteiger partial charge in [-0.2, -0.15) is 5.10 Å². The largest absolute Gasteiger partial charge is 0.493 e. The van der Waals surface area contributed by atoms with E-state index in [1.165, 1.54) is 27.3 Å². The Balaban J connectivity index is 0.751. The summed E-state index contributed by atoms with van der Waals surface area (Å²) in [5.74, 6) is 0.704. The van der Waals surface area contributed by atoms with Crippen LogP contribution in [0.2, 0.25) is 0 Å². The van der Waals surface area contributed by atoms with Gasteiger partial charge in [0.05, 0.1) is 56.5 Å². The first-order chi connectivity index (χ1) is 38.8. The first kappa shape index (κ1) is 56.0. The van der Waals surface area contributed by atoms with E-state index in [1.54, 1.807) is 89.9 Å². The normalized spacial score (nSPS) is 17.8. The lowest BCUT2D eigenvalue weighted by Gasteiger charge is -2.35. The van der Waals surface area contributed by atoms with E-state index < -0.39 is 28.0 Å². The summed E-state index contributed by atoms with van der Waals surface area (Å²) in [4.78, 5) is 66.6. The zero-order valence-corrected chi connectivity index (χ0v) is 48.1. The minimum Gasteiger partial charge on any atom is -0.493 e. The van der Waals surface area contributed by atoms with Crippen molar-refractivity contribution in [2.45, 2.75) is 102 Å². The molecule has 4 aromatic heterocycles. The summed E-state index contributed by atoms with van der Waals surface area (Å²) in [5, 5.41) is 10.9. The van der Waals surface area contributed by atoms with Gasteiger partial charge in [-0.1, -0.05) is 64.1 Å². The highest BCUT2D eigenvalue weighted by Gasteiger charge is 2.42. The van der Waals surface area contributed by atoms with Crippen LogP contribution in [0.5, 0.6) is 23.1 Å². The van der Waals surface area contributed by atoms with Gasteiger partial charge in [-0.3, -0.25) is 32.9 Å². The number of fused-ring (bicyclic) bond motifs is 1. The van der Waals surface area contributed by atoms with Crippen LogP contribution in [0, 0.1) is 18.8 Å². The summed E-state index contributed by atoms with van der Waals surface area (Å²) in [5.41, 5.74) is 7.33. The summed E-state index contributed by atoms with van der Waals surface area (Å²) in [7, 11) is -1.08. The van der Waals surface area contributed by atoms with E-state index in [4.69, 9.17) is 14.2 Å². The van der Waals surface area contributed by atoms with Crippen molar-refractivity contribution in [3.63, 3.8) is 0 Å². The number of benzene rings is 4. The Morgan fingerprint density at radius 2 is 1.59 bits per heavy atom. The van der Waals surface area contributed by atoms with Gasteiger partial charge >= 0.3 is 5.69 Å². The number of aryl methyl sites for hydroxylation is 3. The second-order valence-corrected chi connectivity index (χ2v) is 24.0. The van der Waals surface area contributed by atoms with Crippen LogP contribution < -0.4 is 35.3 Å². The molecule has 0 unspecified atom stereocenters. The monoisotopic (exact) mass is 1130 g/mol. The van der Waals surface area contributed by atoms with Crippen molar-refractivity contribution in [3.05, 3.63) is 148 Å². The number of carbonyl (C=O) groups excluding carboxylic acids is 3. The fourth-order valence-corrected chi connectivity index (χ4v) is 12.4. The number of pyridine rings is 1. The van der Waals surface area contributed by atoms with Crippen LogP contribution in [-0.2, 0) is 33.7 Å². The Morgan fingerprint density at radius 3 is 2.32 bits per heavy atom. The van der Waals surface area contributed by atoms with Gasteiger partial charge in [0.15, 0.2) is 5.75 Å². The van der Waals surface area contributed by atoms with Crippen LogP contribution >= 0.6 is 11.3 Å². The molecule has 0 bridgehead atoms. The lowest BCUT2D eigenvalue weighted by atomic mass is 9.89. The number of thiazole rings is 1. The molecule has 10 rings (SSSR count). The predicted octanol–water partition coefficient (Wildman–Crippen LogP) is 9.60. The number of amides is 3. The van der Waals surface area contributed by atoms with Crippen molar-refractivity contribution in [3.8, 4) is 44.7 Å². The Labute approximate surface area is 474 Å². The number of ether oxygens (including phenoxy) is 3. The molecule has 2 fully saturated rings. The van der Waals surface area contributed by atoms with Gasteiger partial charge in [-0.05, 0) is 97.7 Å². The van der Waals surface area contributed by atoms with Gasteiger partial charge in [0, 0.05) is 81.2 Å². The topological polar surface area (TPSA) is 223 Å². The molecule has 422 valence electrons. The second-order valence-electron chi connectivity index (χ2n) is 21.4. The van der Waals surface area contributed by atoms with E-state index in [2.05, 4.69) is 37.3 Å². The molecule has 3 amide bonds. The summed E-state index contributed by atoms with van der Waals surface area (Å²) in [6.45, 7) is 12.9. The average Bonchev–Trinajstić information content (AvgIpc) is 4.36. The third-order valence-electron chi connectivity index (χ3n) is 15.0. The molecule has 81 heavy (non-hydrogen) atoms. The van der Waals surface area contributed by atoms with Crippen LogP contribution in [0.1, 0.15) is 94.0 Å². The molecule has 5 heterocycles. The molecule has 0 spiro atoms. The molecule has 19 nitrogen and oxygen atoms in total. The Hall–Kier alpha value is -8.30. The Bertz CT molecular complexity index is 3810. The molecule has 1 saturated heterocycles. The van der Waals surface area contributed by atoms with E-state index in [1.807, 2.05) is 82.7 Å². The van der Waals surface area contributed by atoms with E-state index in [-0.39, 0.29) is 69.4 Å². The number of sulfonamides is 1. The maximum absolute atomic E-state index is 14.6. The molecule has 0 radical (unpaired) electrons. The van der Waals surface area contributed by atoms with E-state index >= 15 is 0 Å². The van der Waals surface area contributed by atoms with Gasteiger partial charge < -0.3 is 29.7 Å². The molecule has 1 aliphatic carbocycles. The van der Waals surface area contributed by atoms with Crippen LogP contribution in [0.4, 0.5) is 5.69 Å². The Morgan fingerprint density at radius 1 is 0.852 bits per heavy atom. The number of imidazole rings is 1. The molecule has 21 heteroatoms. The Kier molecular flexibility index (Phi) is 16.2. The number of carbonyl (C=O) groups is 3. The van der Waals surface area contributed by atoms with Gasteiger partial charge in [0.1, 0.15) is 29.7 Å². The zero-order chi connectivity index (χ0) is 57.3. The summed E-state index contributed by atoms with van der Waals surface area (Å²) < 4.78 is 53.7. The molecule has 8 aromatic rings. The van der Waals surface area contributed by atoms with Gasteiger partial charge in [0.25, 0.3) is 15.9 Å².